The van der Waals surface area contributed by atoms with E-state index in [1.165, 1.54) is 76.6 Å². The molecule has 0 saturated heterocycles. The zero-order chi connectivity index (χ0) is 26.4. The maximum absolute atomic E-state index is 11.2. The van der Waals surface area contributed by atoms with Gasteiger partial charge in [-0.1, -0.05) is 49.1 Å². The van der Waals surface area contributed by atoms with Gasteiger partial charge in [0.1, 0.15) is 11.9 Å². The fraction of sp³-hybridized carbons (Fsp3) is 0.455. The van der Waals surface area contributed by atoms with Crippen molar-refractivity contribution in [3.63, 3.8) is 0 Å². The van der Waals surface area contributed by atoms with Crippen LogP contribution in [0.4, 0.5) is 0 Å². The number of pyridine rings is 1. The Morgan fingerprint density at radius 1 is 1.00 bits per heavy atom. The molecule has 3 aromatic rings. The van der Waals surface area contributed by atoms with E-state index in [0.717, 1.165) is 18.4 Å². The molecule has 2 aliphatic carbocycles. The quantitative estimate of drug-likeness (QED) is 0.367. The molecule has 2 heterocycles. The van der Waals surface area contributed by atoms with Crippen molar-refractivity contribution >= 4 is 5.97 Å². The number of carboxylic acid groups (broad SMARTS) is 1. The highest BCUT2D eigenvalue weighted by molar-refractivity contribution is 5.77. The van der Waals surface area contributed by atoms with Crippen LogP contribution in [0.1, 0.15) is 102 Å². The van der Waals surface area contributed by atoms with Crippen LogP contribution >= 0.6 is 0 Å². The summed E-state index contributed by atoms with van der Waals surface area (Å²) < 4.78 is 12.2. The second-order valence-electron chi connectivity index (χ2n) is 11.6. The summed E-state index contributed by atoms with van der Waals surface area (Å²) in [6.45, 7) is 7.10. The average Bonchev–Trinajstić information content (AvgIpc) is 3.47. The SMILES string of the molecule is Cc1cc(-c2c(C)cc(C3CCCCC3)cc2C)c2c(c1)C(Oc1cc3c(cn1)C(CC(=O)O)CO3)CC2. The largest absolute Gasteiger partial charge is 0.492 e. The Hall–Kier alpha value is -3.34. The van der Waals surface area contributed by atoms with Crippen LogP contribution in [0, 0.1) is 20.8 Å². The third kappa shape index (κ3) is 4.68. The van der Waals surface area contributed by atoms with E-state index in [1.54, 1.807) is 6.20 Å². The van der Waals surface area contributed by atoms with Crippen LogP contribution < -0.4 is 9.47 Å². The van der Waals surface area contributed by atoms with Crippen molar-refractivity contribution in [2.45, 2.75) is 90.1 Å². The van der Waals surface area contributed by atoms with Crippen LogP contribution in [-0.4, -0.2) is 22.7 Å². The first-order valence-corrected chi connectivity index (χ1v) is 14.1. The first kappa shape index (κ1) is 25.0. The number of carbonyl (C=O) groups is 1. The van der Waals surface area contributed by atoms with Gasteiger partial charge >= 0.3 is 5.97 Å². The minimum atomic E-state index is -0.824. The van der Waals surface area contributed by atoms with Crippen LogP contribution in [0.3, 0.4) is 0 Å². The molecule has 3 aliphatic rings. The summed E-state index contributed by atoms with van der Waals surface area (Å²) in [4.78, 5) is 15.7. The summed E-state index contributed by atoms with van der Waals surface area (Å²) in [5, 5.41) is 9.17. The summed E-state index contributed by atoms with van der Waals surface area (Å²) in [6.07, 6.45) is 10.3. The van der Waals surface area contributed by atoms with Gasteiger partial charge in [-0.25, -0.2) is 4.98 Å². The van der Waals surface area contributed by atoms with Crippen molar-refractivity contribution in [1.82, 2.24) is 4.98 Å². The molecule has 198 valence electrons. The average molecular weight is 512 g/mol. The summed E-state index contributed by atoms with van der Waals surface area (Å²) in [7, 11) is 0. The molecule has 0 spiro atoms. The lowest BCUT2D eigenvalue weighted by Gasteiger charge is -2.24. The molecular formula is C33H37NO4. The highest BCUT2D eigenvalue weighted by Crippen LogP contribution is 2.45. The predicted molar refractivity (Wildman–Crippen MR) is 148 cm³/mol. The molecule has 1 fully saturated rings. The van der Waals surface area contributed by atoms with Crippen LogP contribution in [0.5, 0.6) is 11.6 Å². The number of aromatic nitrogens is 1. The molecule has 1 saturated carbocycles. The van der Waals surface area contributed by atoms with Gasteiger partial charge in [0.05, 0.1) is 13.0 Å². The molecule has 38 heavy (non-hydrogen) atoms. The fourth-order valence-corrected chi connectivity index (χ4v) is 7.01. The number of fused-ring (bicyclic) bond motifs is 2. The van der Waals surface area contributed by atoms with Crippen LogP contribution in [0.25, 0.3) is 11.1 Å². The standard InChI is InChI=1S/C33H37NO4/c1-19-11-26-25(27(12-19)33-20(2)13-23(14-21(33)3)22-7-5-4-6-8-22)9-10-29(26)38-31-16-30-28(17-34-31)24(18-37-30)15-32(35)36/h11-14,16-17,22,24,29H,4-10,15,18H2,1-3H3,(H,35,36). The van der Waals surface area contributed by atoms with E-state index in [-0.39, 0.29) is 18.4 Å². The van der Waals surface area contributed by atoms with E-state index >= 15 is 0 Å². The van der Waals surface area contributed by atoms with Crippen molar-refractivity contribution in [3.8, 4) is 22.8 Å². The smallest absolute Gasteiger partial charge is 0.304 e. The van der Waals surface area contributed by atoms with Gasteiger partial charge in [0, 0.05) is 23.7 Å². The predicted octanol–water partition coefficient (Wildman–Crippen LogP) is 7.74. The minimum absolute atomic E-state index is 0.0490. The lowest BCUT2D eigenvalue weighted by Crippen LogP contribution is -2.08. The number of hydrogen-bond acceptors (Lipinski definition) is 4. The van der Waals surface area contributed by atoms with Gasteiger partial charge < -0.3 is 14.6 Å². The molecule has 2 unspecified atom stereocenters. The number of hydrogen-bond donors (Lipinski definition) is 1. The van der Waals surface area contributed by atoms with E-state index in [4.69, 9.17) is 9.47 Å². The molecular weight excluding hydrogens is 474 g/mol. The molecule has 6 rings (SSSR count). The van der Waals surface area contributed by atoms with Crippen molar-refractivity contribution in [2.75, 3.05) is 6.61 Å². The second kappa shape index (κ2) is 10.1. The third-order valence-corrected chi connectivity index (χ3v) is 8.77. The molecule has 5 nitrogen and oxygen atoms in total. The van der Waals surface area contributed by atoms with E-state index in [2.05, 4.69) is 50.0 Å². The molecule has 0 radical (unpaired) electrons. The minimum Gasteiger partial charge on any atom is -0.492 e. The number of carboxylic acids is 1. The number of aliphatic carboxylic acids is 1. The van der Waals surface area contributed by atoms with Gasteiger partial charge in [-0.15, -0.1) is 0 Å². The van der Waals surface area contributed by atoms with Crippen LogP contribution in [-0.2, 0) is 11.2 Å². The Morgan fingerprint density at radius 3 is 2.50 bits per heavy atom. The van der Waals surface area contributed by atoms with Crippen molar-refractivity contribution in [2.24, 2.45) is 0 Å². The zero-order valence-electron chi connectivity index (χ0n) is 22.7. The monoisotopic (exact) mass is 511 g/mol. The molecule has 5 heteroatoms. The molecule has 0 amide bonds. The topological polar surface area (TPSA) is 68.7 Å². The Bertz CT molecular complexity index is 1360. The molecule has 0 bridgehead atoms. The summed E-state index contributed by atoms with van der Waals surface area (Å²) in [6, 6.07) is 11.3. The summed E-state index contributed by atoms with van der Waals surface area (Å²) >= 11 is 0. The van der Waals surface area contributed by atoms with Crippen molar-refractivity contribution in [3.05, 3.63) is 75.5 Å². The van der Waals surface area contributed by atoms with Crippen LogP contribution in [0.2, 0.25) is 0 Å². The third-order valence-electron chi connectivity index (χ3n) is 8.77. The Labute approximate surface area is 225 Å². The number of benzene rings is 2. The van der Waals surface area contributed by atoms with Crippen molar-refractivity contribution in [1.29, 1.82) is 0 Å². The first-order chi connectivity index (χ1) is 18.4. The number of ether oxygens (including phenoxy) is 2. The van der Waals surface area contributed by atoms with Gasteiger partial charge in [-0.05, 0) is 91.3 Å². The van der Waals surface area contributed by atoms with Gasteiger partial charge in [0.2, 0.25) is 5.88 Å². The summed E-state index contributed by atoms with van der Waals surface area (Å²) in [5.41, 5.74) is 11.7. The molecule has 1 N–H and O–H groups in total. The maximum atomic E-state index is 11.2. The number of nitrogens with zero attached hydrogens (tertiary/aromatic N) is 1. The first-order valence-electron chi connectivity index (χ1n) is 14.1. The molecule has 2 aromatic carbocycles. The van der Waals surface area contributed by atoms with Gasteiger partial charge in [0.25, 0.3) is 0 Å². The van der Waals surface area contributed by atoms with E-state index in [1.807, 2.05) is 6.07 Å². The Morgan fingerprint density at radius 2 is 1.76 bits per heavy atom. The van der Waals surface area contributed by atoms with Gasteiger partial charge in [0.15, 0.2) is 0 Å². The van der Waals surface area contributed by atoms with E-state index in [0.29, 0.717) is 24.2 Å². The Kier molecular flexibility index (Phi) is 6.63. The normalized spacial score (nSPS) is 20.6. The van der Waals surface area contributed by atoms with Gasteiger partial charge in [-0.2, -0.15) is 0 Å². The molecule has 1 aromatic heterocycles. The van der Waals surface area contributed by atoms with Crippen LogP contribution in [0.15, 0.2) is 36.5 Å². The summed E-state index contributed by atoms with van der Waals surface area (Å²) in [5.74, 6) is 0.949. The lowest BCUT2D eigenvalue weighted by molar-refractivity contribution is -0.137. The number of aryl methyl sites for hydroxylation is 3. The van der Waals surface area contributed by atoms with Crippen molar-refractivity contribution < 1.29 is 19.4 Å². The van der Waals surface area contributed by atoms with Gasteiger partial charge in [-0.3, -0.25) is 4.79 Å². The highest BCUT2D eigenvalue weighted by Gasteiger charge is 2.31. The fourth-order valence-electron chi connectivity index (χ4n) is 7.01. The molecule has 2 atom stereocenters. The van der Waals surface area contributed by atoms with E-state index < -0.39 is 5.97 Å². The second-order valence-corrected chi connectivity index (χ2v) is 11.6. The Balaban J connectivity index is 1.28. The number of rotatable bonds is 6. The lowest BCUT2D eigenvalue weighted by atomic mass is 9.81. The van der Waals surface area contributed by atoms with E-state index in [9.17, 15) is 9.90 Å². The zero-order valence-corrected chi connectivity index (χ0v) is 22.7. The maximum Gasteiger partial charge on any atom is 0.304 e. The highest BCUT2D eigenvalue weighted by atomic mass is 16.5. The molecule has 1 aliphatic heterocycles.